The van der Waals surface area contributed by atoms with E-state index in [-0.39, 0.29) is 52.9 Å². The highest BCUT2D eigenvalue weighted by Gasteiger charge is 2.66. The third-order valence-electron chi connectivity index (χ3n) is 11.1. The van der Waals surface area contributed by atoms with Crippen LogP contribution >= 0.6 is 0 Å². The first-order valence-electron chi connectivity index (χ1n) is 13.6. The number of aliphatic hydroxyl groups is 4. The van der Waals surface area contributed by atoms with Gasteiger partial charge in [-0.25, -0.2) is 0 Å². The van der Waals surface area contributed by atoms with E-state index in [9.17, 15) is 33.6 Å². The number of aliphatic hydroxyl groups excluding tert-OH is 3. The van der Waals surface area contributed by atoms with Crippen LogP contribution < -0.4 is 5.32 Å². The minimum Gasteiger partial charge on any atom is -0.393 e. The SMILES string of the molecule is C[C@H](C[C@H](O)C=O)[C@H]1C[C@H](O)C2C3C(CC[C@@]21C)[C@@]1(C)CC[C@](O)(NCCS(=O)(=O)O)C[C@H]1C[C@@H]3O. The maximum atomic E-state index is 11.5. The third kappa shape index (κ3) is 5.03. The second kappa shape index (κ2) is 9.84. The molecular formula is C26H45NO8S. The van der Waals surface area contributed by atoms with Crippen molar-refractivity contribution in [3.05, 3.63) is 0 Å². The highest BCUT2D eigenvalue weighted by atomic mass is 32.2. The van der Waals surface area contributed by atoms with Gasteiger partial charge in [-0.1, -0.05) is 20.8 Å². The predicted molar refractivity (Wildman–Crippen MR) is 133 cm³/mol. The quantitative estimate of drug-likeness (QED) is 0.154. The molecule has 0 aromatic heterocycles. The summed E-state index contributed by atoms with van der Waals surface area (Å²) in [5, 5.41) is 46.8. The van der Waals surface area contributed by atoms with Gasteiger partial charge in [-0.05, 0) is 97.7 Å². The lowest BCUT2D eigenvalue weighted by Gasteiger charge is -2.63. The minimum atomic E-state index is -4.12. The second-order valence-electron chi connectivity index (χ2n) is 13.0. The summed E-state index contributed by atoms with van der Waals surface area (Å²) in [5.74, 6) is -0.0812. The fourth-order valence-electron chi connectivity index (χ4n) is 9.37. The number of nitrogens with one attached hydrogen (secondary N) is 1. The lowest BCUT2D eigenvalue weighted by Crippen LogP contribution is -2.63. The van der Waals surface area contributed by atoms with Crippen molar-refractivity contribution in [2.75, 3.05) is 12.3 Å². The van der Waals surface area contributed by atoms with Crippen LogP contribution in [0.3, 0.4) is 0 Å². The number of rotatable bonds is 8. The lowest BCUT2D eigenvalue weighted by atomic mass is 9.43. The van der Waals surface area contributed by atoms with E-state index in [0.717, 1.165) is 19.3 Å². The Morgan fingerprint density at radius 1 is 1.08 bits per heavy atom. The highest BCUT2D eigenvalue weighted by molar-refractivity contribution is 7.85. The van der Waals surface area contributed by atoms with Gasteiger partial charge in [-0.2, -0.15) is 8.42 Å². The molecule has 0 aromatic carbocycles. The van der Waals surface area contributed by atoms with Crippen molar-refractivity contribution >= 4 is 16.4 Å². The third-order valence-corrected chi connectivity index (χ3v) is 11.8. The summed E-state index contributed by atoms with van der Waals surface area (Å²) in [6.07, 6.45) is 3.36. The standard InChI is InChI=1S/C26H45NO8S/c1-15(10-17(29)14-28)19-12-21(31)23-22-18(4-5-25(19,23)3)24(2)6-7-26(32,13-16(24)11-20(22)30)27-8-9-36(33,34)35/h14-23,27,29-32H,4-13H2,1-3H3,(H,33,34,35)/t15-,16-,17+,18?,19-,20+,21+,22?,23?,24+,25-,26-/m1/s1. The van der Waals surface area contributed by atoms with Crippen molar-refractivity contribution in [1.29, 1.82) is 0 Å². The van der Waals surface area contributed by atoms with Crippen molar-refractivity contribution in [2.24, 2.45) is 46.3 Å². The van der Waals surface area contributed by atoms with Crippen LogP contribution in [-0.2, 0) is 14.9 Å². The van der Waals surface area contributed by atoms with Gasteiger partial charge in [0.2, 0.25) is 0 Å². The van der Waals surface area contributed by atoms with E-state index in [0.29, 0.717) is 38.4 Å². The van der Waals surface area contributed by atoms with E-state index in [1.54, 1.807) is 0 Å². The van der Waals surface area contributed by atoms with E-state index in [4.69, 9.17) is 4.55 Å². The molecule has 4 aliphatic carbocycles. The van der Waals surface area contributed by atoms with Gasteiger partial charge in [0, 0.05) is 6.54 Å². The molecule has 0 amide bonds. The van der Waals surface area contributed by atoms with Crippen LogP contribution in [0.1, 0.15) is 72.1 Å². The molecule has 4 fully saturated rings. The van der Waals surface area contributed by atoms with E-state index in [2.05, 4.69) is 26.1 Å². The molecule has 0 heterocycles. The molecule has 0 bridgehead atoms. The molecule has 36 heavy (non-hydrogen) atoms. The van der Waals surface area contributed by atoms with E-state index in [1.807, 2.05) is 0 Å². The molecule has 12 atom stereocenters. The zero-order valence-corrected chi connectivity index (χ0v) is 22.5. The molecule has 4 rings (SSSR count). The molecule has 0 aliphatic heterocycles. The van der Waals surface area contributed by atoms with Crippen molar-refractivity contribution < 1.29 is 38.2 Å². The molecule has 0 saturated heterocycles. The van der Waals surface area contributed by atoms with E-state index >= 15 is 0 Å². The Hall–Kier alpha value is -0.620. The smallest absolute Gasteiger partial charge is 0.266 e. The van der Waals surface area contributed by atoms with Crippen LogP contribution in [0.4, 0.5) is 0 Å². The lowest BCUT2D eigenvalue weighted by molar-refractivity contribution is -0.201. The zero-order chi connectivity index (χ0) is 26.7. The summed E-state index contributed by atoms with van der Waals surface area (Å²) in [4.78, 5) is 11.0. The number of carbonyl (C=O) groups is 1. The van der Waals surface area contributed by atoms with E-state index < -0.39 is 39.9 Å². The van der Waals surface area contributed by atoms with Gasteiger partial charge in [0.05, 0.1) is 18.0 Å². The Morgan fingerprint density at radius 3 is 2.42 bits per heavy atom. The van der Waals surface area contributed by atoms with Gasteiger partial charge in [0.15, 0.2) is 0 Å². The van der Waals surface area contributed by atoms with Crippen molar-refractivity contribution in [3.8, 4) is 0 Å². The molecule has 10 heteroatoms. The fourth-order valence-corrected chi connectivity index (χ4v) is 9.73. The molecule has 9 nitrogen and oxygen atoms in total. The topological polar surface area (TPSA) is 164 Å². The molecule has 0 spiro atoms. The van der Waals surface area contributed by atoms with Crippen molar-refractivity contribution in [2.45, 2.75) is 96.2 Å². The van der Waals surface area contributed by atoms with Gasteiger partial charge in [-0.15, -0.1) is 0 Å². The second-order valence-corrected chi connectivity index (χ2v) is 14.6. The average Bonchev–Trinajstić information content (AvgIpc) is 3.05. The molecular weight excluding hydrogens is 486 g/mol. The summed E-state index contributed by atoms with van der Waals surface area (Å²) in [7, 11) is -4.12. The Balaban J connectivity index is 1.52. The Labute approximate surface area is 214 Å². The van der Waals surface area contributed by atoms with Crippen molar-refractivity contribution in [3.63, 3.8) is 0 Å². The van der Waals surface area contributed by atoms with Crippen LogP contribution in [0.2, 0.25) is 0 Å². The maximum absolute atomic E-state index is 11.5. The fraction of sp³-hybridized carbons (Fsp3) is 0.962. The number of carbonyl (C=O) groups excluding carboxylic acids is 1. The molecule has 0 aromatic rings. The van der Waals surface area contributed by atoms with Gasteiger partial charge in [0.25, 0.3) is 10.1 Å². The predicted octanol–water partition coefficient (Wildman–Crippen LogP) is 1.34. The Morgan fingerprint density at radius 2 is 1.78 bits per heavy atom. The van der Waals surface area contributed by atoms with Gasteiger partial charge < -0.3 is 25.2 Å². The first kappa shape index (κ1) is 28.4. The molecule has 0 radical (unpaired) electrons. The normalized spacial score (nSPS) is 48.4. The van der Waals surface area contributed by atoms with Gasteiger partial charge >= 0.3 is 0 Å². The molecule has 208 valence electrons. The number of aldehydes is 1. The van der Waals surface area contributed by atoms with Crippen LogP contribution in [0.5, 0.6) is 0 Å². The molecule has 4 aliphatic rings. The summed E-state index contributed by atoms with van der Waals surface area (Å²) >= 11 is 0. The minimum absolute atomic E-state index is 0.0433. The molecule has 3 unspecified atom stereocenters. The summed E-state index contributed by atoms with van der Waals surface area (Å²) in [6.45, 7) is 6.48. The largest absolute Gasteiger partial charge is 0.393 e. The van der Waals surface area contributed by atoms with Crippen molar-refractivity contribution in [1.82, 2.24) is 5.32 Å². The van der Waals surface area contributed by atoms with Crippen LogP contribution in [0, 0.1) is 46.3 Å². The maximum Gasteiger partial charge on any atom is 0.266 e. The highest BCUT2D eigenvalue weighted by Crippen LogP contribution is 2.68. The van der Waals surface area contributed by atoms with Gasteiger partial charge in [0.1, 0.15) is 18.1 Å². The molecule has 4 saturated carbocycles. The first-order chi connectivity index (χ1) is 16.6. The monoisotopic (exact) mass is 531 g/mol. The Kier molecular flexibility index (Phi) is 7.76. The number of hydrogen-bond donors (Lipinski definition) is 6. The Bertz CT molecular complexity index is 931. The van der Waals surface area contributed by atoms with Crippen LogP contribution in [0.25, 0.3) is 0 Å². The number of hydrogen-bond acceptors (Lipinski definition) is 8. The number of fused-ring (bicyclic) bond motifs is 5. The summed E-state index contributed by atoms with van der Waals surface area (Å²) < 4.78 is 31.2. The molecule has 6 N–H and O–H groups in total. The summed E-state index contributed by atoms with van der Waals surface area (Å²) in [6, 6.07) is 0. The van der Waals surface area contributed by atoms with Gasteiger partial charge in [-0.3, -0.25) is 9.87 Å². The van der Waals surface area contributed by atoms with Crippen LogP contribution in [-0.4, -0.2) is 76.0 Å². The first-order valence-corrected chi connectivity index (χ1v) is 15.2. The van der Waals surface area contributed by atoms with Crippen LogP contribution in [0.15, 0.2) is 0 Å². The van der Waals surface area contributed by atoms with E-state index in [1.165, 1.54) is 0 Å². The zero-order valence-electron chi connectivity index (χ0n) is 21.7. The average molecular weight is 532 g/mol. The summed E-state index contributed by atoms with van der Waals surface area (Å²) in [5.41, 5.74) is -1.53.